The van der Waals surface area contributed by atoms with Crippen molar-refractivity contribution in [3.8, 4) is 0 Å². The van der Waals surface area contributed by atoms with Gasteiger partial charge in [-0.25, -0.2) is 9.37 Å². The summed E-state index contributed by atoms with van der Waals surface area (Å²) in [6, 6.07) is 6.41. The van der Waals surface area contributed by atoms with Crippen molar-refractivity contribution in [1.82, 2.24) is 9.97 Å². The summed E-state index contributed by atoms with van der Waals surface area (Å²) in [6.07, 6.45) is 0. The van der Waals surface area contributed by atoms with Gasteiger partial charge in [-0.2, -0.15) is 4.98 Å². The number of halogens is 2. The van der Waals surface area contributed by atoms with E-state index in [1.807, 2.05) is 11.4 Å². The van der Waals surface area contributed by atoms with Crippen LogP contribution in [0.5, 0.6) is 0 Å². The first kappa shape index (κ1) is 13.1. The van der Waals surface area contributed by atoms with Crippen molar-refractivity contribution in [3.05, 3.63) is 40.5 Å². The Labute approximate surface area is 123 Å². The Morgan fingerprint density at radius 1 is 1.25 bits per heavy atom. The van der Waals surface area contributed by atoms with Gasteiger partial charge in [0.25, 0.3) is 0 Å². The number of anilines is 3. The van der Waals surface area contributed by atoms with Crippen LogP contribution in [0.3, 0.4) is 0 Å². The lowest BCUT2D eigenvalue weighted by Gasteiger charge is -2.10. The summed E-state index contributed by atoms with van der Waals surface area (Å²) in [7, 11) is 1.73. The van der Waals surface area contributed by atoms with E-state index in [1.165, 1.54) is 17.4 Å². The fourth-order valence-corrected chi connectivity index (χ4v) is 2.77. The van der Waals surface area contributed by atoms with E-state index in [0.717, 1.165) is 10.2 Å². The summed E-state index contributed by atoms with van der Waals surface area (Å²) in [5.74, 6) is 0.563. The van der Waals surface area contributed by atoms with E-state index in [4.69, 9.17) is 11.6 Å². The number of hydrogen-bond acceptors (Lipinski definition) is 5. The lowest BCUT2D eigenvalue weighted by molar-refractivity contribution is 0.632. The number of aromatic nitrogens is 2. The highest BCUT2D eigenvalue weighted by Gasteiger charge is 2.12. The number of fused-ring (bicyclic) bond motifs is 1. The molecule has 0 spiro atoms. The number of benzene rings is 1. The van der Waals surface area contributed by atoms with Gasteiger partial charge in [0.05, 0.1) is 16.1 Å². The third-order valence-electron chi connectivity index (χ3n) is 2.75. The second-order valence-electron chi connectivity index (χ2n) is 4.01. The molecule has 0 fully saturated rings. The lowest BCUT2D eigenvalue weighted by Crippen LogP contribution is -2.02. The van der Waals surface area contributed by atoms with Crippen LogP contribution in [0.4, 0.5) is 21.8 Å². The Hall–Kier alpha value is -1.92. The van der Waals surface area contributed by atoms with Crippen molar-refractivity contribution in [1.29, 1.82) is 0 Å². The third-order valence-corrected chi connectivity index (χ3v) is 3.88. The minimum atomic E-state index is -0.425. The maximum absolute atomic E-state index is 13.8. The highest BCUT2D eigenvalue weighted by atomic mass is 35.5. The van der Waals surface area contributed by atoms with Crippen LogP contribution in [-0.4, -0.2) is 17.0 Å². The van der Waals surface area contributed by atoms with E-state index in [2.05, 4.69) is 20.6 Å². The summed E-state index contributed by atoms with van der Waals surface area (Å²) >= 11 is 7.51. The monoisotopic (exact) mass is 308 g/mol. The zero-order chi connectivity index (χ0) is 14.1. The molecule has 102 valence electrons. The van der Waals surface area contributed by atoms with Crippen molar-refractivity contribution >= 4 is 50.6 Å². The number of rotatable bonds is 3. The second-order valence-corrected chi connectivity index (χ2v) is 5.31. The van der Waals surface area contributed by atoms with E-state index in [0.29, 0.717) is 16.8 Å². The normalized spacial score (nSPS) is 10.8. The fraction of sp³-hybridized carbons (Fsp3) is 0.0769. The van der Waals surface area contributed by atoms with Gasteiger partial charge >= 0.3 is 0 Å². The van der Waals surface area contributed by atoms with Crippen LogP contribution in [0.15, 0.2) is 29.6 Å². The average Bonchev–Trinajstić information content (AvgIpc) is 2.91. The van der Waals surface area contributed by atoms with Crippen molar-refractivity contribution in [3.63, 3.8) is 0 Å². The molecule has 3 aromatic rings. The van der Waals surface area contributed by atoms with E-state index in [-0.39, 0.29) is 5.69 Å². The minimum absolute atomic E-state index is 0.211. The number of nitrogens with one attached hydrogen (secondary N) is 2. The van der Waals surface area contributed by atoms with Crippen LogP contribution >= 0.6 is 22.9 Å². The molecule has 0 saturated heterocycles. The lowest BCUT2D eigenvalue weighted by atomic mass is 10.3. The van der Waals surface area contributed by atoms with Crippen molar-refractivity contribution < 1.29 is 4.39 Å². The topological polar surface area (TPSA) is 49.8 Å². The maximum Gasteiger partial charge on any atom is 0.225 e. The summed E-state index contributed by atoms with van der Waals surface area (Å²) < 4.78 is 13.8. The first-order valence-corrected chi connectivity index (χ1v) is 7.09. The zero-order valence-electron chi connectivity index (χ0n) is 10.4. The molecule has 4 nitrogen and oxygen atoms in total. The van der Waals surface area contributed by atoms with Gasteiger partial charge in [0.15, 0.2) is 0 Å². The highest BCUT2D eigenvalue weighted by Crippen LogP contribution is 2.32. The highest BCUT2D eigenvalue weighted by molar-refractivity contribution is 7.16. The zero-order valence-corrected chi connectivity index (χ0v) is 12.0. The smallest absolute Gasteiger partial charge is 0.225 e. The molecular formula is C13H10ClFN4S. The van der Waals surface area contributed by atoms with E-state index < -0.39 is 5.82 Å². The molecule has 1 aromatic carbocycles. The quantitative estimate of drug-likeness (QED) is 0.758. The van der Waals surface area contributed by atoms with Crippen molar-refractivity contribution in [2.45, 2.75) is 0 Å². The molecule has 20 heavy (non-hydrogen) atoms. The molecule has 2 aromatic heterocycles. The molecule has 0 atom stereocenters. The first-order chi connectivity index (χ1) is 9.69. The SMILES string of the molecule is CNc1nc(Nc2c(F)cccc2Cl)c2ccsc2n1. The van der Waals surface area contributed by atoms with Crippen molar-refractivity contribution in [2.24, 2.45) is 0 Å². The molecule has 0 aliphatic heterocycles. The summed E-state index contributed by atoms with van der Waals surface area (Å²) in [6.45, 7) is 0. The van der Waals surface area contributed by atoms with Gasteiger partial charge in [-0.15, -0.1) is 11.3 Å². The third kappa shape index (κ3) is 2.28. The number of nitrogens with zero attached hydrogens (tertiary/aromatic N) is 2. The molecule has 0 aliphatic rings. The van der Waals surface area contributed by atoms with Crippen LogP contribution < -0.4 is 10.6 Å². The summed E-state index contributed by atoms with van der Waals surface area (Å²) in [5.41, 5.74) is 0.211. The Morgan fingerprint density at radius 2 is 2.10 bits per heavy atom. The number of para-hydroxylation sites is 1. The van der Waals surface area contributed by atoms with Crippen LogP contribution in [0.1, 0.15) is 0 Å². The average molecular weight is 309 g/mol. The molecular weight excluding hydrogens is 299 g/mol. The van der Waals surface area contributed by atoms with Crippen LogP contribution in [0.25, 0.3) is 10.2 Å². The molecule has 0 saturated carbocycles. The Morgan fingerprint density at radius 3 is 2.85 bits per heavy atom. The largest absolute Gasteiger partial charge is 0.357 e. The predicted octanol–water partition coefficient (Wildman–Crippen LogP) is 4.27. The van der Waals surface area contributed by atoms with Crippen LogP contribution in [-0.2, 0) is 0 Å². The van der Waals surface area contributed by atoms with Gasteiger partial charge < -0.3 is 10.6 Å². The molecule has 0 aliphatic carbocycles. The van der Waals surface area contributed by atoms with Gasteiger partial charge in [-0.1, -0.05) is 17.7 Å². The Balaban J connectivity index is 2.12. The summed E-state index contributed by atoms with van der Waals surface area (Å²) in [4.78, 5) is 9.47. The molecule has 7 heteroatoms. The van der Waals surface area contributed by atoms with E-state index in [9.17, 15) is 4.39 Å². The van der Waals surface area contributed by atoms with Gasteiger partial charge in [-0.3, -0.25) is 0 Å². The summed E-state index contributed by atoms with van der Waals surface area (Å²) in [5, 5.41) is 8.88. The number of hydrogen-bond donors (Lipinski definition) is 2. The molecule has 0 radical (unpaired) electrons. The Bertz CT molecular complexity index is 754. The minimum Gasteiger partial charge on any atom is -0.357 e. The van der Waals surface area contributed by atoms with E-state index in [1.54, 1.807) is 19.2 Å². The molecule has 0 bridgehead atoms. The molecule has 2 N–H and O–H groups in total. The van der Waals surface area contributed by atoms with Crippen LogP contribution in [0.2, 0.25) is 5.02 Å². The number of thiophene rings is 1. The van der Waals surface area contributed by atoms with Crippen LogP contribution in [0, 0.1) is 5.82 Å². The van der Waals surface area contributed by atoms with Gasteiger partial charge in [-0.05, 0) is 23.6 Å². The van der Waals surface area contributed by atoms with E-state index >= 15 is 0 Å². The molecule has 2 heterocycles. The fourth-order valence-electron chi connectivity index (χ4n) is 1.80. The predicted molar refractivity (Wildman–Crippen MR) is 81.7 cm³/mol. The maximum atomic E-state index is 13.8. The van der Waals surface area contributed by atoms with Crippen molar-refractivity contribution in [2.75, 3.05) is 17.7 Å². The van der Waals surface area contributed by atoms with Gasteiger partial charge in [0.1, 0.15) is 16.5 Å². The molecule has 0 unspecified atom stereocenters. The van der Waals surface area contributed by atoms with Gasteiger partial charge in [0.2, 0.25) is 5.95 Å². The first-order valence-electron chi connectivity index (χ1n) is 5.83. The molecule has 0 amide bonds. The standard InChI is InChI=1S/C13H10ClFN4S/c1-16-13-18-11(7-5-6-20-12(7)19-13)17-10-8(14)3-2-4-9(10)15/h2-6H,1H3,(H2,16,17,18,19). The molecule has 3 rings (SSSR count). The second kappa shape index (κ2) is 5.22. The van der Waals surface area contributed by atoms with Gasteiger partial charge in [0, 0.05) is 7.05 Å². The Kier molecular flexibility index (Phi) is 3.42.